The van der Waals surface area contributed by atoms with Crippen molar-refractivity contribution in [3.05, 3.63) is 59.9 Å². The van der Waals surface area contributed by atoms with Crippen LogP contribution in [0.25, 0.3) is 0 Å². The van der Waals surface area contributed by atoms with Crippen LogP contribution in [-0.4, -0.2) is 44.5 Å². The Bertz CT molecular complexity index is 806. The van der Waals surface area contributed by atoms with Crippen molar-refractivity contribution in [3.8, 4) is 0 Å². The monoisotopic (exact) mass is 390 g/mol. The molecule has 12 heteroatoms. The van der Waals surface area contributed by atoms with Crippen LogP contribution >= 0.6 is 0 Å². The maximum Gasteiger partial charge on any atom is 0.250 e. The van der Waals surface area contributed by atoms with Crippen LogP contribution in [-0.2, 0) is 9.59 Å². The standard InChI is InChI=1S/C16H14N6O4.2H2O/c17-15(25)9-1-3-11(19-7-9)21-13(23)5-6-14(24)22-12-4-2-10(8-20-12)16(18)26;;/h1-8H,(H2,17,25)(H2,18,26)(H,19,21,23)(H,20,22,24);2*1H2/b6-5+;;. The highest BCUT2D eigenvalue weighted by Crippen LogP contribution is 2.06. The predicted octanol–water partition coefficient (Wildman–Crippen LogP) is -1.84. The Kier molecular flexibility index (Phi) is 9.15. The molecule has 0 radical (unpaired) electrons. The van der Waals surface area contributed by atoms with E-state index in [1.807, 2.05) is 0 Å². The van der Waals surface area contributed by atoms with Crippen molar-refractivity contribution in [1.29, 1.82) is 0 Å². The van der Waals surface area contributed by atoms with Gasteiger partial charge in [-0.2, -0.15) is 0 Å². The fourth-order valence-corrected chi connectivity index (χ4v) is 1.71. The third-order valence-corrected chi connectivity index (χ3v) is 2.98. The van der Waals surface area contributed by atoms with Gasteiger partial charge in [-0.1, -0.05) is 0 Å². The fourth-order valence-electron chi connectivity index (χ4n) is 1.71. The van der Waals surface area contributed by atoms with Crippen LogP contribution < -0.4 is 22.1 Å². The molecule has 2 rings (SSSR count). The molecule has 0 aliphatic heterocycles. The smallest absolute Gasteiger partial charge is 0.250 e. The van der Waals surface area contributed by atoms with Crippen LogP contribution in [0.3, 0.4) is 0 Å². The van der Waals surface area contributed by atoms with E-state index in [-0.39, 0.29) is 33.7 Å². The molecule has 0 atom stereocenters. The van der Waals surface area contributed by atoms with E-state index >= 15 is 0 Å². The Hall–Kier alpha value is -4.16. The second kappa shape index (κ2) is 10.7. The Morgan fingerprint density at radius 3 is 1.32 bits per heavy atom. The number of pyridine rings is 2. The second-order valence-corrected chi connectivity index (χ2v) is 4.90. The first-order chi connectivity index (χ1) is 12.3. The number of anilines is 2. The van der Waals surface area contributed by atoms with Gasteiger partial charge in [0.25, 0.3) is 0 Å². The molecule has 0 aromatic carbocycles. The molecule has 2 heterocycles. The van der Waals surface area contributed by atoms with Gasteiger partial charge in [0.15, 0.2) is 0 Å². The number of primary amides is 2. The minimum absolute atomic E-state index is 0. The molecule has 0 saturated carbocycles. The van der Waals surface area contributed by atoms with Crippen LogP contribution in [0.15, 0.2) is 48.8 Å². The molecule has 0 bridgehead atoms. The number of nitrogens with one attached hydrogen (secondary N) is 2. The van der Waals surface area contributed by atoms with Gasteiger partial charge in [-0.05, 0) is 24.3 Å². The molecule has 28 heavy (non-hydrogen) atoms. The predicted molar refractivity (Wildman–Crippen MR) is 99.1 cm³/mol. The van der Waals surface area contributed by atoms with Crippen molar-refractivity contribution in [3.63, 3.8) is 0 Å². The lowest BCUT2D eigenvalue weighted by molar-refractivity contribution is -0.114. The lowest BCUT2D eigenvalue weighted by Gasteiger charge is -2.03. The highest BCUT2D eigenvalue weighted by Gasteiger charge is 2.05. The molecule has 2 aromatic rings. The quantitative estimate of drug-likeness (QED) is 0.413. The molecule has 12 nitrogen and oxygen atoms in total. The van der Waals surface area contributed by atoms with E-state index < -0.39 is 23.6 Å². The molecule has 0 fully saturated rings. The number of amides is 4. The van der Waals surface area contributed by atoms with Gasteiger partial charge >= 0.3 is 0 Å². The van der Waals surface area contributed by atoms with E-state index in [0.717, 1.165) is 12.2 Å². The molecule has 148 valence electrons. The normalized spacial score (nSPS) is 9.57. The first-order valence-electron chi connectivity index (χ1n) is 7.17. The summed E-state index contributed by atoms with van der Waals surface area (Å²) in [6.07, 6.45) is 4.43. The number of hydrogen-bond acceptors (Lipinski definition) is 6. The summed E-state index contributed by atoms with van der Waals surface area (Å²) in [6.45, 7) is 0. The number of rotatable bonds is 6. The summed E-state index contributed by atoms with van der Waals surface area (Å²) in [5, 5.41) is 4.82. The summed E-state index contributed by atoms with van der Waals surface area (Å²) < 4.78 is 0. The van der Waals surface area contributed by atoms with Crippen molar-refractivity contribution >= 4 is 35.3 Å². The summed E-state index contributed by atoms with van der Waals surface area (Å²) in [5.41, 5.74) is 10.6. The molecule has 10 N–H and O–H groups in total. The third-order valence-electron chi connectivity index (χ3n) is 2.98. The van der Waals surface area contributed by atoms with Gasteiger partial charge in [-0.3, -0.25) is 19.2 Å². The van der Waals surface area contributed by atoms with Crippen LogP contribution in [0.2, 0.25) is 0 Å². The SMILES string of the molecule is NC(=O)c1ccc(NC(=O)/C=C/C(=O)Nc2ccc(C(N)=O)cn2)nc1.O.O. The molecular formula is C16H18N6O6. The minimum Gasteiger partial charge on any atom is -0.412 e. The number of nitrogens with two attached hydrogens (primary N) is 2. The van der Waals surface area contributed by atoms with E-state index in [1.54, 1.807) is 0 Å². The van der Waals surface area contributed by atoms with Crippen molar-refractivity contribution < 1.29 is 30.1 Å². The van der Waals surface area contributed by atoms with Crippen molar-refractivity contribution in [2.45, 2.75) is 0 Å². The summed E-state index contributed by atoms with van der Waals surface area (Å²) in [6, 6.07) is 5.61. The van der Waals surface area contributed by atoms with Gasteiger partial charge in [-0.25, -0.2) is 9.97 Å². The number of nitrogens with zero attached hydrogens (tertiary/aromatic N) is 2. The maximum absolute atomic E-state index is 11.7. The lowest BCUT2D eigenvalue weighted by Crippen LogP contribution is -2.15. The maximum atomic E-state index is 11.7. The van der Waals surface area contributed by atoms with Gasteiger partial charge in [0, 0.05) is 24.5 Å². The van der Waals surface area contributed by atoms with E-state index in [2.05, 4.69) is 20.6 Å². The van der Waals surface area contributed by atoms with E-state index in [1.165, 1.54) is 36.7 Å². The third kappa shape index (κ3) is 6.99. The van der Waals surface area contributed by atoms with E-state index in [4.69, 9.17) is 11.5 Å². The highest BCUT2D eigenvalue weighted by atomic mass is 16.2. The van der Waals surface area contributed by atoms with Gasteiger partial charge < -0.3 is 33.1 Å². The average Bonchev–Trinajstić information content (AvgIpc) is 2.61. The topological polar surface area (TPSA) is 233 Å². The summed E-state index contributed by atoms with van der Waals surface area (Å²) in [4.78, 5) is 53.0. The molecular weight excluding hydrogens is 372 g/mol. The number of carbonyl (C=O) groups excluding carboxylic acids is 4. The molecule has 4 amide bonds. The van der Waals surface area contributed by atoms with Gasteiger partial charge in [0.05, 0.1) is 11.1 Å². The largest absolute Gasteiger partial charge is 0.412 e. The molecule has 2 aromatic heterocycles. The lowest BCUT2D eigenvalue weighted by atomic mass is 10.3. The Labute approximate surface area is 158 Å². The Balaban J connectivity index is 0.00000364. The number of aromatic nitrogens is 2. The number of carbonyl (C=O) groups is 4. The zero-order valence-electron chi connectivity index (χ0n) is 14.3. The average molecular weight is 390 g/mol. The van der Waals surface area contributed by atoms with Crippen molar-refractivity contribution in [1.82, 2.24) is 9.97 Å². The highest BCUT2D eigenvalue weighted by molar-refractivity contribution is 6.06. The zero-order chi connectivity index (χ0) is 19.1. The first-order valence-corrected chi connectivity index (χ1v) is 7.17. The van der Waals surface area contributed by atoms with E-state index in [9.17, 15) is 19.2 Å². The van der Waals surface area contributed by atoms with E-state index in [0.29, 0.717) is 0 Å². The summed E-state index contributed by atoms with van der Waals surface area (Å²) in [7, 11) is 0. The zero-order valence-corrected chi connectivity index (χ0v) is 14.3. The molecule has 0 aliphatic carbocycles. The fraction of sp³-hybridized carbons (Fsp3) is 0. The number of hydrogen-bond donors (Lipinski definition) is 4. The van der Waals surface area contributed by atoms with Gasteiger partial charge in [0.2, 0.25) is 23.6 Å². The van der Waals surface area contributed by atoms with Crippen LogP contribution in [0, 0.1) is 0 Å². The van der Waals surface area contributed by atoms with Crippen molar-refractivity contribution in [2.24, 2.45) is 11.5 Å². The van der Waals surface area contributed by atoms with Crippen molar-refractivity contribution in [2.75, 3.05) is 10.6 Å². The molecule has 0 spiro atoms. The summed E-state index contributed by atoms with van der Waals surface area (Å²) >= 11 is 0. The van der Waals surface area contributed by atoms with Gasteiger partial charge in [0.1, 0.15) is 11.6 Å². The minimum atomic E-state index is -0.635. The first kappa shape index (κ1) is 23.8. The second-order valence-electron chi connectivity index (χ2n) is 4.90. The Morgan fingerprint density at radius 2 is 1.07 bits per heavy atom. The Morgan fingerprint density at radius 1 is 0.714 bits per heavy atom. The van der Waals surface area contributed by atoms with Crippen LogP contribution in [0.5, 0.6) is 0 Å². The van der Waals surface area contributed by atoms with Crippen LogP contribution in [0.4, 0.5) is 11.6 Å². The summed E-state index contributed by atoms with van der Waals surface area (Å²) in [5.74, 6) is -2.09. The molecule has 0 aliphatic rings. The molecule has 0 saturated heterocycles. The van der Waals surface area contributed by atoms with Gasteiger partial charge in [-0.15, -0.1) is 0 Å². The van der Waals surface area contributed by atoms with Crippen LogP contribution in [0.1, 0.15) is 20.7 Å². The molecule has 0 unspecified atom stereocenters.